The summed E-state index contributed by atoms with van der Waals surface area (Å²) >= 11 is 6.86. The number of aromatic nitrogens is 2. The van der Waals surface area contributed by atoms with Gasteiger partial charge in [-0.25, -0.2) is 4.79 Å². The van der Waals surface area contributed by atoms with Crippen LogP contribution in [-0.4, -0.2) is 28.3 Å². The number of anilines is 1. The number of rotatable bonds is 5. The van der Waals surface area contributed by atoms with Crippen molar-refractivity contribution in [3.63, 3.8) is 0 Å². The first-order valence-corrected chi connectivity index (χ1v) is 9.03. The molecule has 6 nitrogen and oxygen atoms in total. The lowest BCUT2D eigenvalue weighted by molar-refractivity contribution is -0.141. The first kappa shape index (κ1) is 21.2. The van der Waals surface area contributed by atoms with Crippen LogP contribution in [-0.2, 0) is 22.3 Å². The number of aryl methyl sites for hydroxylation is 1. The number of halogens is 4. The molecule has 0 radical (unpaired) electrons. The number of esters is 1. The Balaban J connectivity index is 2.25. The Morgan fingerprint density at radius 3 is 2.44 bits per heavy atom. The molecule has 0 aliphatic carbocycles. The molecule has 0 fully saturated rings. The van der Waals surface area contributed by atoms with Gasteiger partial charge in [-0.05, 0) is 33.3 Å². The Bertz CT molecular complexity index is 890. The lowest BCUT2D eigenvalue weighted by Gasteiger charge is -2.08. The van der Waals surface area contributed by atoms with Gasteiger partial charge in [-0.3, -0.25) is 9.48 Å². The molecular formula is C16H17ClF3N3O3S. The molecule has 11 heteroatoms. The number of nitrogens with one attached hydrogen (secondary N) is 1. The Hall–Kier alpha value is -2.07. The lowest BCUT2D eigenvalue weighted by atomic mass is 10.1. The molecule has 1 N–H and O–H groups in total. The molecule has 0 saturated heterocycles. The molecule has 2 rings (SSSR count). The van der Waals surface area contributed by atoms with E-state index in [-0.39, 0.29) is 22.9 Å². The molecule has 0 aliphatic heterocycles. The van der Waals surface area contributed by atoms with Crippen LogP contribution >= 0.6 is 22.9 Å². The van der Waals surface area contributed by atoms with E-state index in [1.807, 2.05) is 0 Å². The van der Waals surface area contributed by atoms with Crippen molar-refractivity contribution in [1.82, 2.24) is 9.78 Å². The first-order valence-electron chi connectivity index (χ1n) is 7.84. The Morgan fingerprint density at radius 1 is 1.30 bits per heavy atom. The number of carbonyl (C=O) groups excluding carboxylic acids is 2. The summed E-state index contributed by atoms with van der Waals surface area (Å²) in [4.78, 5) is 25.3. The standard InChI is InChI=1S/C16H17ClF3N3O3S/c1-5-26-15(25)11-7(2)9(4)27-14(11)21-10(24)6-23-8(3)12(17)13(22-23)16(18,19)20/h5-6H2,1-4H3,(H,21,24). The lowest BCUT2D eigenvalue weighted by Crippen LogP contribution is -2.21. The molecule has 0 saturated carbocycles. The average Bonchev–Trinajstić information content (AvgIpc) is 2.98. The zero-order valence-electron chi connectivity index (χ0n) is 15.0. The summed E-state index contributed by atoms with van der Waals surface area (Å²) in [5.41, 5.74) is -0.321. The summed E-state index contributed by atoms with van der Waals surface area (Å²) in [7, 11) is 0. The van der Waals surface area contributed by atoms with E-state index in [1.54, 1.807) is 20.8 Å². The molecule has 0 bridgehead atoms. The van der Waals surface area contributed by atoms with Crippen molar-refractivity contribution in [1.29, 1.82) is 0 Å². The fraction of sp³-hybridized carbons (Fsp3) is 0.438. The summed E-state index contributed by atoms with van der Waals surface area (Å²) in [6.07, 6.45) is -4.72. The van der Waals surface area contributed by atoms with Gasteiger partial charge in [0.05, 0.1) is 22.9 Å². The summed E-state index contributed by atoms with van der Waals surface area (Å²) in [6.45, 7) is 6.19. The number of carbonyl (C=O) groups is 2. The van der Waals surface area contributed by atoms with Gasteiger partial charge < -0.3 is 10.1 Å². The SMILES string of the molecule is CCOC(=O)c1c(NC(=O)Cn2nc(C(F)(F)F)c(Cl)c2C)sc(C)c1C. The molecule has 2 aromatic rings. The van der Waals surface area contributed by atoms with Crippen LogP contribution in [0, 0.1) is 20.8 Å². The summed E-state index contributed by atoms with van der Waals surface area (Å²) in [5, 5.41) is 5.66. The van der Waals surface area contributed by atoms with Gasteiger partial charge in [0.2, 0.25) is 5.91 Å². The molecule has 1 amide bonds. The predicted molar refractivity (Wildman–Crippen MR) is 95.4 cm³/mol. The number of thiophene rings is 1. The predicted octanol–water partition coefficient (Wildman–Crippen LogP) is 4.36. The fourth-order valence-corrected chi connectivity index (χ4v) is 3.63. The highest BCUT2D eigenvalue weighted by atomic mass is 35.5. The van der Waals surface area contributed by atoms with Crippen molar-refractivity contribution in [2.75, 3.05) is 11.9 Å². The van der Waals surface area contributed by atoms with Gasteiger partial charge in [0.1, 0.15) is 11.5 Å². The molecule has 0 spiro atoms. The highest BCUT2D eigenvalue weighted by Gasteiger charge is 2.38. The molecule has 2 aromatic heterocycles. The van der Waals surface area contributed by atoms with Crippen molar-refractivity contribution in [2.45, 2.75) is 40.4 Å². The van der Waals surface area contributed by atoms with Crippen molar-refractivity contribution in [2.24, 2.45) is 0 Å². The van der Waals surface area contributed by atoms with E-state index in [9.17, 15) is 22.8 Å². The van der Waals surface area contributed by atoms with Crippen LogP contribution in [0.1, 0.15) is 39.1 Å². The molecule has 0 atom stereocenters. The highest BCUT2D eigenvalue weighted by molar-refractivity contribution is 7.16. The third-order valence-electron chi connectivity index (χ3n) is 3.81. The number of nitrogens with zero attached hydrogens (tertiary/aromatic N) is 2. The Kier molecular flexibility index (Phi) is 6.21. The van der Waals surface area contributed by atoms with E-state index >= 15 is 0 Å². The number of alkyl halides is 3. The van der Waals surface area contributed by atoms with E-state index in [1.165, 1.54) is 18.3 Å². The van der Waals surface area contributed by atoms with Crippen molar-refractivity contribution in [3.05, 3.63) is 32.4 Å². The smallest absolute Gasteiger partial charge is 0.436 e. The van der Waals surface area contributed by atoms with Crippen LogP contribution in [0.3, 0.4) is 0 Å². The molecule has 0 aromatic carbocycles. The number of amides is 1. The van der Waals surface area contributed by atoms with Crippen LogP contribution in [0.15, 0.2) is 0 Å². The summed E-state index contributed by atoms with van der Waals surface area (Å²) in [5.74, 6) is -1.22. The Morgan fingerprint density at radius 2 is 1.93 bits per heavy atom. The van der Waals surface area contributed by atoms with Crippen molar-refractivity contribution < 1.29 is 27.5 Å². The van der Waals surface area contributed by atoms with Crippen molar-refractivity contribution in [3.8, 4) is 0 Å². The number of hydrogen-bond donors (Lipinski definition) is 1. The molecule has 0 unspecified atom stereocenters. The van der Waals surface area contributed by atoms with E-state index in [0.29, 0.717) is 5.56 Å². The zero-order valence-corrected chi connectivity index (χ0v) is 16.5. The van der Waals surface area contributed by atoms with Gasteiger partial charge >= 0.3 is 12.1 Å². The second kappa shape index (κ2) is 7.89. The Labute approximate surface area is 162 Å². The molecule has 148 valence electrons. The maximum absolute atomic E-state index is 12.9. The first-order chi connectivity index (χ1) is 12.5. The van der Waals surface area contributed by atoms with E-state index in [2.05, 4.69) is 10.4 Å². The second-order valence-electron chi connectivity index (χ2n) is 5.66. The maximum atomic E-state index is 12.9. The minimum Gasteiger partial charge on any atom is -0.462 e. The van der Waals surface area contributed by atoms with Gasteiger partial charge in [-0.1, -0.05) is 11.6 Å². The van der Waals surface area contributed by atoms with Crippen LogP contribution in [0.2, 0.25) is 5.02 Å². The topological polar surface area (TPSA) is 73.2 Å². The zero-order chi connectivity index (χ0) is 20.5. The number of ether oxygens (including phenoxy) is 1. The quantitative estimate of drug-likeness (QED) is 0.725. The largest absolute Gasteiger partial charge is 0.462 e. The average molecular weight is 424 g/mol. The normalized spacial score (nSPS) is 11.6. The molecule has 27 heavy (non-hydrogen) atoms. The molecule has 2 heterocycles. The van der Waals surface area contributed by atoms with E-state index < -0.39 is 35.3 Å². The molecule has 0 aliphatic rings. The number of hydrogen-bond acceptors (Lipinski definition) is 5. The fourth-order valence-electron chi connectivity index (χ4n) is 2.33. The van der Waals surface area contributed by atoms with Crippen molar-refractivity contribution >= 4 is 39.8 Å². The van der Waals surface area contributed by atoms with Crippen LogP contribution in [0.25, 0.3) is 0 Å². The van der Waals surface area contributed by atoms with Crippen LogP contribution in [0.4, 0.5) is 18.2 Å². The van der Waals surface area contributed by atoms with Gasteiger partial charge in [-0.2, -0.15) is 18.3 Å². The second-order valence-corrected chi connectivity index (χ2v) is 7.26. The summed E-state index contributed by atoms with van der Waals surface area (Å²) in [6, 6.07) is 0. The van der Waals surface area contributed by atoms with Gasteiger partial charge in [0.25, 0.3) is 0 Å². The molecular weight excluding hydrogens is 407 g/mol. The van der Waals surface area contributed by atoms with Gasteiger partial charge in [-0.15, -0.1) is 11.3 Å². The van der Waals surface area contributed by atoms with Crippen LogP contribution in [0.5, 0.6) is 0 Å². The van der Waals surface area contributed by atoms with E-state index in [0.717, 1.165) is 9.56 Å². The summed E-state index contributed by atoms with van der Waals surface area (Å²) < 4.78 is 44.5. The van der Waals surface area contributed by atoms with Crippen LogP contribution < -0.4 is 5.32 Å². The third kappa shape index (κ3) is 4.44. The van der Waals surface area contributed by atoms with E-state index in [4.69, 9.17) is 16.3 Å². The highest BCUT2D eigenvalue weighted by Crippen LogP contribution is 2.36. The third-order valence-corrected chi connectivity index (χ3v) is 5.39. The minimum atomic E-state index is -4.72. The van der Waals surface area contributed by atoms with Gasteiger partial charge in [0, 0.05) is 4.88 Å². The monoisotopic (exact) mass is 423 g/mol. The van der Waals surface area contributed by atoms with Gasteiger partial charge in [0.15, 0.2) is 5.69 Å². The minimum absolute atomic E-state index is 0.0169. The maximum Gasteiger partial charge on any atom is 0.436 e.